The Morgan fingerprint density at radius 2 is 2.17 bits per heavy atom. The second-order valence-corrected chi connectivity index (χ2v) is 9.34. The van der Waals surface area contributed by atoms with Crippen LogP contribution in [0.1, 0.15) is 39.9 Å². The number of aromatic nitrogens is 3. The number of thioether (sulfide) groups is 1. The van der Waals surface area contributed by atoms with Gasteiger partial charge in [0.15, 0.2) is 11.0 Å². The number of carbonyl (C=O) groups is 2. The van der Waals surface area contributed by atoms with E-state index in [2.05, 4.69) is 15.5 Å². The Bertz CT molecular complexity index is 1100. The SMILES string of the molecule is Cc1occc1-c1nnc(SC(C)C(=O)Nc2sc3c(c2C(N)=O)CCC3)n1C. The van der Waals surface area contributed by atoms with Gasteiger partial charge < -0.3 is 20.0 Å². The number of nitrogens with two attached hydrogens (primary N) is 1. The van der Waals surface area contributed by atoms with E-state index in [9.17, 15) is 9.59 Å². The van der Waals surface area contributed by atoms with E-state index in [1.54, 1.807) is 13.2 Å². The van der Waals surface area contributed by atoms with Crippen molar-refractivity contribution in [3.05, 3.63) is 34.1 Å². The molecule has 0 saturated heterocycles. The van der Waals surface area contributed by atoms with E-state index >= 15 is 0 Å². The molecule has 4 rings (SSSR count). The highest BCUT2D eigenvalue weighted by Crippen LogP contribution is 2.39. The highest BCUT2D eigenvalue weighted by Gasteiger charge is 2.28. The number of anilines is 1. The van der Waals surface area contributed by atoms with Crippen molar-refractivity contribution in [1.82, 2.24) is 14.8 Å². The number of nitrogens with one attached hydrogen (secondary N) is 1. The van der Waals surface area contributed by atoms with Gasteiger partial charge in [0.25, 0.3) is 5.91 Å². The average Bonchev–Trinajstić information content (AvgIpc) is 3.41. The maximum Gasteiger partial charge on any atom is 0.251 e. The van der Waals surface area contributed by atoms with Crippen LogP contribution in [-0.2, 0) is 24.7 Å². The standard InChI is InChI=1S/C19H21N5O3S2/c1-9-11(7-8-27-9)16-22-23-19(24(16)3)28-10(2)17(26)21-18-14(15(20)25)12-5-4-6-13(12)29-18/h7-8,10H,4-6H2,1-3H3,(H2,20,25)(H,21,26). The molecule has 10 heteroatoms. The molecule has 3 N–H and O–H groups in total. The van der Waals surface area contributed by atoms with E-state index in [0.717, 1.165) is 41.0 Å². The van der Waals surface area contributed by atoms with Gasteiger partial charge in [-0.1, -0.05) is 11.8 Å². The lowest BCUT2D eigenvalue weighted by Gasteiger charge is -2.12. The lowest BCUT2D eigenvalue weighted by molar-refractivity contribution is -0.115. The smallest absolute Gasteiger partial charge is 0.251 e. The van der Waals surface area contributed by atoms with Gasteiger partial charge >= 0.3 is 0 Å². The van der Waals surface area contributed by atoms with Gasteiger partial charge in [-0.25, -0.2) is 0 Å². The summed E-state index contributed by atoms with van der Waals surface area (Å²) in [5, 5.41) is 12.1. The fraction of sp³-hybridized carbons (Fsp3) is 0.368. The van der Waals surface area contributed by atoms with Gasteiger partial charge in [-0.15, -0.1) is 21.5 Å². The summed E-state index contributed by atoms with van der Waals surface area (Å²) in [6.07, 6.45) is 4.39. The molecule has 1 atom stereocenters. The van der Waals surface area contributed by atoms with Crippen molar-refractivity contribution in [3.8, 4) is 11.4 Å². The number of furan rings is 1. The van der Waals surface area contributed by atoms with Crippen molar-refractivity contribution in [1.29, 1.82) is 0 Å². The van der Waals surface area contributed by atoms with E-state index < -0.39 is 11.2 Å². The number of rotatable bonds is 6. The third-order valence-electron chi connectivity index (χ3n) is 4.99. The van der Waals surface area contributed by atoms with Gasteiger partial charge in [0.1, 0.15) is 10.8 Å². The van der Waals surface area contributed by atoms with Crippen molar-refractivity contribution in [2.75, 3.05) is 5.32 Å². The lowest BCUT2D eigenvalue weighted by Crippen LogP contribution is -2.24. The number of nitrogens with zero attached hydrogens (tertiary/aromatic N) is 3. The van der Waals surface area contributed by atoms with Crippen molar-refractivity contribution >= 4 is 39.9 Å². The number of thiophene rings is 1. The number of primary amides is 1. The minimum Gasteiger partial charge on any atom is -0.469 e. The van der Waals surface area contributed by atoms with Gasteiger partial charge in [-0.05, 0) is 44.7 Å². The molecule has 8 nitrogen and oxygen atoms in total. The molecule has 1 aliphatic rings. The summed E-state index contributed by atoms with van der Waals surface area (Å²) < 4.78 is 7.17. The Hall–Kier alpha value is -2.59. The topological polar surface area (TPSA) is 116 Å². The predicted octanol–water partition coefficient (Wildman–Crippen LogP) is 3.15. The summed E-state index contributed by atoms with van der Waals surface area (Å²) in [5.41, 5.74) is 7.89. The average molecular weight is 432 g/mol. The molecule has 29 heavy (non-hydrogen) atoms. The molecule has 0 aromatic carbocycles. The monoisotopic (exact) mass is 431 g/mol. The Labute approximate surface area is 175 Å². The minimum atomic E-state index is -0.492. The van der Waals surface area contributed by atoms with Crippen LogP contribution in [0.25, 0.3) is 11.4 Å². The van der Waals surface area contributed by atoms with Gasteiger partial charge in [-0.2, -0.15) is 0 Å². The summed E-state index contributed by atoms with van der Waals surface area (Å²) >= 11 is 2.75. The first-order valence-corrected chi connectivity index (χ1v) is 10.9. The highest BCUT2D eigenvalue weighted by molar-refractivity contribution is 8.00. The molecular weight excluding hydrogens is 410 g/mol. The first kappa shape index (κ1) is 19.7. The number of amides is 2. The number of fused-ring (bicyclic) bond motifs is 1. The lowest BCUT2D eigenvalue weighted by atomic mass is 10.1. The maximum atomic E-state index is 12.8. The first-order chi connectivity index (χ1) is 13.9. The van der Waals surface area contributed by atoms with Crippen LogP contribution < -0.4 is 11.1 Å². The molecule has 0 radical (unpaired) electrons. The molecule has 152 valence electrons. The number of hydrogen-bond acceptors (Lipinski definition) is 7. The van der Waals surface area contributed by atoms with E-state index in [1.165, 1.54) is 23.1 Å². The molecule has 0 aliphatic heterocycles. The van der Waals surface area contributed by atoms with Gasteiger partial charge in [0.05, 0.1) is 22.6 Å². The third-order valence-corrected chi connectivity index (χ3v) is 7.33. The van der Waals surface area contributed by atoms with E-state index in [0.29, 0.717) is 21.5 Å². The fourth-order valence-corrected chi connectivity index (χ4v) is 5.56. The zero-order chi connectivity index (χ0) is 20.7. The highest BCUT2D eigenvalue weighted by atomic mass is 32.2. The van der Waals surface area contributed by atoms with Crippen molar-refractivity contribution in [3.63, 3.8) is 0 Å². The third kappa shape index (κ3) is 3.58. The molecule has 1 aliphatic carbocycles. The minimum absolute atomic E-state index is 0.207. The Morgan fingerprint density at radius 3 is 2.86 bits per heavy atom. The molecule has 3 aromatic heterocycles. The second kappa shape index (κ2) is 7.68. The second-order valence-electron chi connectivity index (χ2n) is 6.93. The first-order valence-electron chi connectivity index (χ1n) is 9.22. The normalized spacial score (nSPS) is 14.0. The molecule has 0 saturated carbocycles. The van der Waals surface area contributed by atoms with Crippen LogP contribution in [0.3, 0.4) is 0 Å². The van der Waals surface area contributed by atoms with Crippen LogP contribution in [0.4, 0.5) is 5.00 Å². The van der Waals surface area contributed by atoms with Crippen LogP contribution in [0.15, 0.2) is 21.9 Å². The van der Waals surface area contributed by atoms with Gasteiger partial charge in [-0.3, -0.25) is 9.59 Å². The molecule has 0 bridgehead atoms. The molecule has 0 fully saturated rings. The zero-order valence-corrected chi connectivity index (χ0v) is 17.9. The molecule has 1 unspecified atom stereocenters. The molecule has 3 heterocycles. The predicted molar refractivity (Wildman–Crippen MR) is 112 cm³/mol. The Kier molecular flexibility index (Phi) is 5.22. The molecule has 3 aromatic rings. The molecular formula is C19H21N5O3S2. The quantitative estimate of drug-likeness (QED) is 0.579. The van der Waals surface area contributed by atoms with Crippen molar-refractivity contribution < 1.29 is 14.0 Å². The van der Waals surface area contributed by atoms with Crippen molar-refractivity contribution in [2.45, 2.75) is 43.5 Å². The van der Waals surface area contributed by atoms with Crippen LogP contribution in [0, 0.1) is 6.92 Å². The van der Waals surface area contributed by atoms with Crippen LogP contribution in [0.5, 0.6) is 0 Å². The van der Waals surface area contributed by atoms with Crippen LogP contribution >= 0.6 is 23.1 Å². The van der Waals surface area contributed by atoms with Crippen molar-refractivity contribution in [2.24, 2.45) is 12.8 Å². The van der Waals surface area contributed by atoms with Crippen LogP contribution in [0.2, 0.25) is 0 Å². The Balaban J connectivity index is 1.50. The zero-order valence-electron chi connectivity index (χ0n) is 16.3. The fourth-order valence-electron chi connectivity index (χ4n) is 3.45. The maximum absolute atomic E-state index is 12.8. The molecule has 2 amide bonds. The summed E-state index contributed by atoms with van der Waals surface area (Å²) in [6, 6.07) is 1.84. The van der Waals surface area contributed by atoms with E-state index in [1.807, 2.05) is 24.6 Å². The number of aryl methyl sites for hydroxylation is 2. The summed E-state index contributed by atoms with van der Waals surface area (Å²) in [7, 11) is 1.85. The Morgan fingerprint density at radius 1 is 1.38 bits per heavy atom. The summed E-state index contributed by atoms with van der Waals surface area (Å²) in [5.74, 6) is 0.736. The number of hydrogen-bond donors (Lipinski definition) is 2. The summed E-state index contributed by atoms with van der Waals surface area (Å²) in [6.45, 7) is 3.66. The molecule has 0 spiro atoms. The van der Waals surface area contributed by atoms with Crippen LogP contribution in [-0.4, -0.2) is 31.8 Å². The number of carbonyl (C=O) groups excluding carboxylic acids is 2. The van der Waals surface area contributed by atoms with E-state index in [4.69, 9.17) is 10.2 Å². The van der Waals surface area contributed by atoms with E-state index in [-0.39, 0.29) is 5.91 Å². The summed E-state index contributed by atoms with van der Waals surface area (Å²) in [4.78, 5) is 25.8. The van der Waals surface area contributed by atoms with Gasteiger partial charge in [0, 0.05) is 11.9 Å². The largest absolute Gasteiger partial charge is 0.469 e. The van der Waals surface area contributed by atoms with Gasteiger partial charge in [0.2, 0.25) is 5.91 Å².